The Hall–Kier alpha value is -1.35. The van der Waals surface area contributed by atoms with Crippen LogP contribution in [0.15, 0.2) is 12.1 Å². The van der Waals surface area contributed by atoms with Gasteiger partial charge >= 0.3 is 0 Å². The molecule has 2 N–H and O–H groups in total. The van der Waals surface area contributed by atoms with Crippen molar-refractivity contribution in [1.29, 1.82) is 0 Å². The van der Waals surface area contributed by atoms with Gasteiger partial charge in [0.25, 0.3) is 0 Å². The molecule has 0 saturated heterocycles. The Bertz CT molecular complexity index is 409. The molecule has 17 heavy (non-hydrogen) atoms. The smallest absolute Gasteiger partial charge is 0.167 e. The van der Waals surface area contributed by atoms with Crippen molar-refractivity contribution >= 4 is 5.78 Å². The van der Waals surface area contributed by atoms with Crippen molar-refractivity contribution < 1.29 is 9.53 Å². The van der Waals surface area contributed by atoms with E-state index in [1.165, 1.54) is 0 Å². The monoisotopic (exact) mass is 235 g/mol. The van der Waals surface area contributed by atoms with Crippen LogP contribution in [0.1, 0.15) is 34.8 Å². The number of nitrogens with two attached hydrogens (primary N) is 1. The molecule has 0 amide bonds. The average molecular weight is 235 g/mol. The Kier molecular flexibility index (Phi) is 4.70. The van der Waals surface area contributed by atoms with E-state index in [1.807, 2.05) is 32.9 Å². The summed E-state index contributed by atoms with van der Waals surface area (Å²) in [7, 11) is 1.64. The minimum atomic E-state index is -0.0819. The number of rotatable bonds is 5. The SMILES string of the molecule is CCC(CN)C(=O)c1cc(C)c(OC)cc1C. The first-order valence-corrected chi connectivity index (χ1v) is 5.94. The van der Waals surface area contributed by atoms with Crippen molar-refractivity contribution in [2.24, 2.45) is 11.7 Å². The first-order chi connectivity index (χ1) is 8.04. The molecule has 0 spiro atoms. The van der Waals surface area contributed by atoms with Crippen LogP contribution in [0.25, 0.3) is 0 Å². The van der Waals surface area contributed by atoms with E-state index in [2.05, 4.69) is 0 Å². The van der Waals surface area contributed by atoms with Crippen molar-refractivity contribution in [3.8, 4) is 5.75 Å². The van der Waals surface area contributed by atoms with Crippen LogP contribution in [0, 0.1) is 19.8 Å². The van der Waals surface area contributed by atoms with E-state index in [9.17, 15) is 4.79 Å². The molecule has 0 aliphatic carbocycles. The Morgan fingerprint density at radius 3 is 2.47 bits per heavy atom. The standard InChI is InChI=1S/C14H21NO2/c1-5-11(8-15)14(16)12-6-10(3)13(17-4)7-9(12)2/h6-7,11H,5,8,15H2,1-4H3. The molecule has 1 atom stereocenters. The lowest BCUT2D eigenvalue weighted by atomic mass is 9.91. The highest BCUT2D eigenvalue weighted by molar-refractivity contribution is 5.99. The summed E-state index contributed by atoms with van der Waals surface area (Å²) in [5, 5.41) is 0. The number of benzene rings is 1. The number of carbonyl (C=O) groups excluding carboxylic acids is 1. The number of hydrogen-bond donors (Lipinski definition) is 1. The van der Waals surface area contributed by atoms with Gasteiger partial charge in [0.15, 0.2) is 5.78 Å². The van der Waals surface area contributed by atoms with E-state index >= 15 is 0 Å². The van der Waals surface area contributed by atoms with Gasteiger partial charge in [0.1, 0.15) is 5.75 Å². The van der Waals surface area contributed by atoms with Gasteiger partial charge < -0.3 is 10.5 Å². The van der Waals surface area contributed by atoms with Crippen LogP contribution in [0.3, 0.4) is 0 Å². The van der Waals surface area contributed by atoms with E-state index in [-0.39, 0.29) is 11.7 Å². The Morgan fingerprint density at radius 1 is 1.35 bits per heavy atom. The van der Waals surface area contributed by atoms with E-state index in [0.29, 0.717) is 6.54 Å². The molecular weight excluding hydrogens is 214 g/mol. The fourth-order valence-electron chi connectivity index (χ4n) is 1.95. The molecule has 1 aromatic rings. The molecule has 1 rings (SSSR count). The predicted molar refractivity (Wildman–Crippen MR) is 69.6 cm³/mol. The summed E-state index contributed by atoms with van der Waals surface area (Å²) < 4.78 is 5.24. The Morgan fingerprint density at radius 2 is 2.00 bits per heavy atom. The highest BCUT2D eigenvalue weighted by Crippen LogP contribution is 2.24. The molecular formula is C14H21NO2. The number of ether oxygens (including phenoxy) is 1. The minimum absolute atomic E-state index is 0.0819. The van der Waals surface area contributed by atoms with Gasteiger partial charge in [-0.15, -0.1) is 0 Å². The summed E-state index contributed by atoms with van der Waals surface area (Å²) >= 11 is 0. The molecule has 3 heteroatoms. The summed E-state index contributed by atoms with van der Waals surface area (Å²) in [6.45, 7) is 6.26. The van der Waals surface area contributed by atoms with Crippen molar-refractivity contribution in [3.63, 3.8) is 0 Å². The minimum Gasteiger partial charge on any atom is -0.496 e. The molecule has 0 aromatic heterocycles. The zero-order chi connectivity index (χ0) is 13.0. The summed E-state index contributed by atoms with van der Waals surface area (Å²) in [5.74, 6) is 0.875. The number of methoxy groups -OCH3 is 1. The summed E-state index contributed by atoms with van der Waals surface area (Å²) in [4.78, 5) is 12.3. The molecule has 0 aliphatic heterocycles. The lowest BCUT2D eigenvalue weighted by Crippen LogP contribution is -2.23. The summed E-state index contributed by atoms with van der Waals surface area (Å²) in [6, 6.07) is 3.81. The molecule has 3 nitrogen and oxygen atoms in total. The number of ketones is 1. The van der Waals surface area contributed by atoms with Gasteiger partial charge in [-0.25, -0.2) is 0 Å². The topological polar surface area (TPSA) is 52.3 Å². The third kappa shape index (κ3) is 2.86. The van der Waals surface area contributed by atoms with E-state index < -0.39 is 0 Å². The van der Waals surface area contributed by atoms with E-state index in [1.54, 1.807) is 7.11 Å². The van der Waals surface area contributed by atoms with Gasteiger partial charge in [-0.05, 0) is 43.5 Å². The zero-order valence-corrected chi connectivity index (χ0v) is 11.0. The van der Waals surface area contributed by atoms with Crippen molar-refractivity contribution in [1.82, 2.24) is 0 Å². The van der Waals surface area contributed by atoms with E-state index in [0.717, 1.165) is 28.9 Å². The predicted octanol–water partition coefficient (Wildman–Crippen LogP) is 2.48. The van der Waals surface area contributed by atoms with Gasteiger partial charge in [-0.1, -0.05) is 6.92 Å². The third-order valence-corrected chi connectivity index (χ3v) is 3.16. The highest BCUT2D eigenvalue weighted by atomic mass is 16.5. The molecule has 1 aromatic carbocycles. The number of Topliss-reactive ketones (excluding diaryl/α,β-unsaturated/α-hetero) is 1. The molecule has 0 heterocycles. The Labute approximate surface area is 103 Å². The van der Waals surface area contributed by atoms with Crippen molar-refractivity contribution in [2.45, 2.75) is 27.2 Å². The van der Waals surface area contributed by atoms with Gasteiger partial charge in [-0.2, -0.15) is 0 Å². The molecule has 0 radical (unpaired) electrons. The maximum Gasteiger partial charge on any atom is 0.167 e. The van der Waals surface area contributed by atoms with Crippen LogP contribution in [0.5, 0.6) is 5.75 Å². The first-order valence-electron chi connectivity index (χ1n) is 5.94. The number of carbonyl (C=O) groups is 1. The van der Waals surface area contributed by atoms with Crippen LogP contribution in [-0.2, 0) is 0 Å². The maximum absolute atomic E-state index is 12.3. The van der Waals surface area contributed by atoms with Gasteiger partial charge in [0.05, 0.1) is 7.11 Å². The number of aryl methyl sites for hydroxylation is 2. The zero-order valence-electron chi connectivity index (χ0n) is 11.0. The van der Waals surface area contributed by atoms with Gasteiger partial charge in [-0.3, -0.25) is 4.79 Å². The van der Waals surface area contributed by atoms with Crippen LogP contribution >= 0.6 is 0 Å². The molecule has 1 unspecified atom stereocenters. The molecule has 0 fully saturated rings. The fourth-order valence-corrected chi connectivity index (χ4v) is 1.95. The number of hydrogen-bond acceptors (Lipinski definition) is 3. The fraction of sp³-hybridized carbons (Fsp3) is 0.500. The Balaban J connectivity index is 3.14. The van der Waals surface area contributed by atoms with Crippen molar-refractivity contribution in [2.75, 3.05) is 13.7 Å². The largest absolute Gasteiger partial charge is 0.496 e. The second-order valence-electron chi connectivity index (χ2n) is 4.34. The van der Waals surface area contributed by atoms with Crippen LogP contribution in [0.4, 0.5) is 0 Å². The van der Waals surface area contributed by atoms with Crippen LogP contribution in [-0.4, -0.2) is 19.4 Å². The normalized spacial score (nSPS) is 12.3. The van der Waals surface area contributed by atoms with Gasteiger partial charge in [0, 0.05) is 18.0 Å². The first kappa shape index (κ1) is 13.7. The van der Waals surface area contributed by atoms with Crippen LogP contribution < -0.4 is 10.5 Å². The average Bonchev–Trinajstić information content (AvgIpc) is 2.32. The van der Waals surface area contributed by atoms with Gasteiger partial charge in [0.2, 0.25) is 0 Å². The van der Waals surface area contributed by atoms with Crippen LogP contribution in [0.2, 0.25) is 0 Å². The third-order valence-electron chi connectivity index (χ3n) is 3.16. The molecule has 0 saturated carbocycles. The highest BCUT2D eigenvalue weighted by Gasteiger charge is 2.19. The molecule has 0 aliphatic rings. The lowest BCUT2D eigenvalue weighted by molar-refractivity contribution is 0.0920. The van der Waals surface area contributed by atoms with E-state index in [4.69, 9.17) is 10.5 Å². The maximum atomic E-state index is 12.3. The quantitative estimate of drug-likeness (QED) is 0.798. The molecule has 94 valence electrons. The lowest BCUT2D eigenvalue weighted by Gasteiger charge is -2.15. The second-order valence-corrected chi connectivity index (χ2v) is 4.34. The summed E-state index contributed by atoms with van der Waals surface area (Å²) in [6.07, 6.45) is 0.778. The summed E-state index contributed by atoms with van der Waals surface area (Å²) in [5.41, 5.74) is 8.31. The molecule has 0 bridgehead atoms. The van der Waals surface area contributed by atoms with Crippen molar-refractivity contribution in [3.05, 3.63) is 28.8 Å². The second kappa shape index (κ2) is 5.82.